The van der Waals surface area contributed by atoms with Crippen LogP contribution in [-0.4, -0.2) is 27.9 Å². The van der Waals surface area contributed by atoms with Crippen molar-refractivity contribution in [3.8, 4) is 0 Å². The van der Waals surface area contributed by atoms with Gasteiger partial charge in [-0.25, -0.2) is 4.98 Å². The van der Waals surface area contributed by atoms with Gasteiger partial charge < -0.3 is 9.88 Å². The molecule has 2 aromatic rings. The van der Waals surface area contributed by atoms with Crippen molar-refractivity contribution >= 4 is 28.5 Å². The normalized spacial score (nSPS) is 10.8. The van der Waals surface area contributed by atoms with E-state index in [2.05, 4.69) is 20.9 Å². The van der Waals surface area contributed by atoms with E-state index in [0.29, 0.717) is 18.8 Å². The molecule has 5 heteroatoms. The number of aryl methyl sites for hydroxylation is 1. The Morgan fingerprint density at radius 3 is 2.95 bits per heavy atom. The maximum absolute atomic E-state index is 11.5. The SMILES string of the molecule is O=C(CCCCCl)NCCCn1cnc2ccccc21. The van der Waals surface area contributed by atoms with Crippen molar-refractivity contribution in [2.24, 2.45) is 0 Å². The topological polar surface area (TPSA) is 46.9 Å². The lowest BCUT2D eigenvalue weighted by atomic mass is 10.2. The first-order valence-corrected chi connectivity index (χ1v) is 7.57. The minimum atomic E-state index is 0.116. The van der Waals surface area contributed by atoms with Crippen LogP contribution < -0.4 is 5.32 Å². The molecule has 0 unspecified atom stereocenters. The number of amides is 1. The Morgan fingerprint density at radius 1 is 1.25 bits per heavy atom. The second-order valence-electron chi connectivity index (χ2n) is 4.78. The average molecular weight is 294 g/mol. The molecule has 4 nitrogen and oxygen atoms in total. The van der Waals surface area contributed by atoms with Crippen LogP contribution >= 0.6 is 11.6 Å². The number of benzene rings is 1. The molecule has 0 aliphatic carbocycles. The molecule has 1 aromatic heterocycles. The highest BCUT2D eigenvalue weighted by atomic mass is 35.5. The van der Waals surface area contributed by atoms with Gasteiger partial charge in [0.2, 0.25) is 5.91 Å². The van der Waals surface area contributed by atoms with Crippen LogP contribution in [0.2, 0.25) is 0 Å². The van der Waals surface area contributed by atoms with E-state index in [1.807, 2.05) is 24.5 Å². The summed E-state index contributed by atoms with van der Waals surface area (Å²) in [5.41, 5.74) is 2.15. The zero-order valence-corrected chi connectivity index (χ0v) is 12.3. The third kappa shape index (κ3) is 4.23. The first-order valence-electron chi connectivity index (χ1n) is 7.04. The number of nitrogens with one attached hydrogen (secondary N) is 1. The first-order chi connectivity index (χ1) is 9.81. The van der Waals surface area contributed by atoms with E-state index in [1.54, 1.807) is 0 Å². The summed E-state index contributed by atoms with van der Waals surface area (Å²) in [6.45, 7) is 1.56. The highest BCUT2D eigenvalue weighted by Gasteiger charge is 2.02. The molecule has 108 valence electrons. The third-order valence-electron chi connectivity index (χ3n) is 3.21. The van der Waals surface area contributed by atoms with E-state index in [1.165, 1.54) is 0 Å². The molecule has 0 aliphatic heterocycles. The average Bonchev–Trinajstić information content (AvgIpc) is 2.87. The van der Waals surface area contributed by atoms with Crippen molar-refractivity contribution in [3.63, 3.8) is 0 Å². The Hall–Kier alpha value is -1.55. The molecule has 20 heavy (non-hydrogen) atoms. The largest absolute Gasteiger partial charge is 0.356 e. The molecule has 0 fully saturated rings. The Morgan fingerprint density at radius 2 is 2.10 bits per heavy atom. The van der Waals surface area contributed by atoms with Crippen LogP contribution in [0.1, 0.15) is 25.7 Å². The van der Waals surface area contributed by atoms with Crippen molar-refractivity contribution in [1.82, 2.24) is 14.9 Å². The fourth-order valence-electron chi connectivity index (χ4n) is 2.13. The summed E-state index contributed by atoms with van der Waals surface area (Å²) in [5.74, 6) is 0.742. The number of aromatic nitrogens is 2. The summed E-state index contributed by atoms with van der Waals surface area (Å²) >= 11 is 5.58. The summed E-state index contributed by atoms with van der Waals surface area (Å²) in [6, 6.07) is 8.07. The number of nitrogens with zero attached hydrogens (tertiary/aromatic N) is 2. The van der Waals surface area contributed by atoms with Crippen molar-refractivity contribution in [2.45, 2.75) is 32.2 Å². The monoisotopic (exact) mass is 293 g/mol. The molecule has 0 atom stereocenters. The summed E-state index contributed by atoms with van der Waals surface area (Å²) in [4.78, 5) is 15.9. The van der Waals surface area contributed by atoms with E-state index in [0.717, 1.165) is 36.8 Å². The van der Waals surface area contributed by atoms with Crippen molar-refractivity contribution < 1.29 is 4.79 Å². The lowest BCUT2D eigenvalue weighted by Crippen LogP contribution is -2.24. The fourth-order valence-corrected chi connectivity index (χ4v) is 2.32. The van der Waals surface area contributed by atoms with E-state index in [-0.39, 0.29) is 5.91 Å². The molecular formula is C15H20ClN3O. The van der Waals surface area contributed by atoms with E-state index in [9.17, 15) is 4.79 Å². The maximum Gasteiger partial charge on any atom is 0.219 e. The molecule has 2 rings (SSSR count). The Bertz CT molecular complexity index is 553. The first kappa shape index (κ1) is 14.9. The quantitative estimate of drug-likeness (QED) is 0.601. The number of alkyl halides is 1. The van der Waals surface area contributed by atoms with Crippen molar-refractivity contribution in [1.29, 1.82) is 0 Å². The Balaban J connectivity index is 1.70. The zero-order valence-electron chi connectivity index (χ0n) is 11.5. The number of rotatable bonds is 8. The number of halogens is 1. The van der Waals surface area contributed by atoms with Crippen LogP contribution in [0.5, 0.6) is 0 Å². The Kier molecular flexibility index (Phi) is 5.87. The van der Waals surface area contributed by atoms with Gasteiger partial charge >= 0.3 is 0 Å². The second kappa shape index (κ2) is 7.90. The predicted molar refractivity (Wildman–Crippen MR) is 81.9 cm³/mol. The van der Waals surface area contributed by atoms with Gasteiger partial charge in [0, 0.05) is 25.4 Å². The number of carbonyl (C=O) groups is 1. The number of carbonyl (C=O) groups excluding carboxylic acids is 1. The summed E-state index contributed by atoms with van der Waals surface area (Å²) < 4.78 is 2.12. The van der Waals surface area contributed by atoms with Crippen LogP contribution in [-0.2, 0) is 11.3 Å². The standard InChI is InChI=1S/C15H20ClN3O/c16-9-4-3-8-15(20)17-10-5-11-19-12-18-13-6-1-2-7-14(13)19/h1-2,6-7,12H,3-5,8-11H2,(H,17,20). The number of para-hydroxylation sites is 2. The number of hydrogen-bond donors (Lipinski definition) is 1. The molecule has 0 radical (unpaired) electrons. The molecule has 0 saturated carbocycles. The zero-order chi connectivity index (χ0) is 14.2. The van der Waals surface area contributed by atoms with E-state index < -0.39 is 0 Å². The lowest BCUT2D eigenvalue weighted by Gasteiger charge is -2.06. The van der Waals surface area contributed by atoms with Crippen molar-refractivity contribution in [3.05, 3.63) is 30.6 Å². The number of fused-ring (bicyclic) bond motifs is 1. The van der Waals surface area contributed by atoms with Crippen LogP contribution in [0.3, 0.4) is 0 Å². The minimum absolute atomic E-state index is 0.116. The Labute approximate surface area is 124 Å². The predicted octanol–water partition coefficient (Wildman–Crippen LogP) is 2.95. The molecule has 0 spiro atoms. The van der Waals surface area contributed by atoms with Gasteiger partial charge in [0.05, 0.1) is 17.4 Å². The molecule has 1 amide bonds. The summed E-state index contributed by atoms with van der Waals surface area (Å²) in [5, 5.41) is 2.94. The van der Waals surface area contributed by atoms with Gasteiger partial charge in [-0.15, -0.1) is 11.6 Å². The molecule has 0 aliphatic rings. The second-order valence-corrected chi connectivity index (χ2v) is 5.15. The van der Waals surface area contributed by atoms with Gasteiger partial charge in [-0.05, 0) is 31.4 Å². The number of unbranched alkanes of at least 4 members (excludes halogenated alkanes) is 1. The van der Waals surface area contributed by atoms with Crippen LogP contribution in [0.25, 0.3) is 11.0 Å². The molecule has 1 heterocycles. The number of hydrogen-bond acceptors (Lipinski definition) is 2. The fraction of sp³-hybridized carbons (Fsp3) is 0.467. The van der Waals surface area contributed by atoms with Crippen LogP contribution in [0, 0.1) is 0 Å². The van der Waals surface area contributed by atoms with Gasteiger partial charge in [0.25, 0.3) is 0 Å². The van der Waals surface area contributed by atoms with E-state index >= 15 is 0 Å². The van der Waals surface area contributed by atoms with Gasteiger partial charge in [-0.3, -0.25) is 4.79 Å². The van der Waals surface area contributed by atoms with Crippen LogP contribution in [0.15, 0.2) is 30.6 Å². The highest BCUT2D eigenvalue weighted by molar-refractivity contribution is 6.17. The highest BCUT2D eigenvalue weighted by Crippen LogP contribution is 2.11. The van der Waals surface area contributed by atoms with Crippen LogP contribution in [0.4, 0.5) is 0 Å². The van der Waals surface area contributed by atoms with Gasteiger partial charge in [-0.1, -0.05) is 12.1 Å². The number of imidazole rings is 1. The van der Waals surface area contributed by atoms with E-state index in [4.69, 9.17) is 11.6 Å². The smallest absolute Gasteiger partial charge is 0.219 e. The van der Waals surface area contributed by atoms with Gasteiger partial charge in [0.1, 0.15) is 0 Å². The van der Waals surface area contributed by atoms with Crippen molar-refractivity contribution in [2.75, 3.05) is 12.4 Å². The summed E-state index contributed by atoms with van der Waals surface area (Å²) in [7, 11) is 0. The summed E-state index contributed by atoms with van der Waals surface area (Å²) in [6.07, 6.45) is 5.09. The molecule has 1 aromatic carbocycles. The molecule has 0 bridgehead atoms. The van der Waals surface area contributed by atoms with Gasteiger partial charge in [-0.2, -0.15) is 0 Å². The lowest BCUT2D eigenvalue weighted by molar-refractivity contribution is -0.121. The maximum atomic E-state index is 11.5. The third-order valence-corrected chi connectivity index (χ3v) is 3.48. The molecule has 0 saturated heterocycles. The molecule has 1 N–H and O–H groups in total. The van der Waals surface area contributed by atoms with Gasteiger partial charge in [0.15, 0.2) is 0 Å². The minimum Gasteiger partial charge on any atom is -0.356 e. The molecular weight excluding hydrogens is 274 g/mol.